The second kappa shape index (κ2) is 9.22. The lowest BCUT2D eigenvalue weighted by molar-refractivity contribution is 0.0951. The molecular formula is C23H26N4O4S. The molecule has 9 heteroatoms. The molecule has 8 nitrogen and oxygen atoms in total. The minimum absolute atomic E-state index is 0.0520. The average molecular weight is 455 g/mol. The molecule has 1 amide bonds. The Hall–Kier alpha value is -3.04. The van der Waals surface area contributed by atoms with Crippen LogP contribution in [0.15, 0.2) is 53.2 Å². The van der Waals surface area contributed by atoms with Crippen LogP contribution < -0.4 is 11.1 Å². The number of aryl methyl sites for hydroxylation is 1. The molecule has 2 atom stereocenters. The van der Waals surface area contributed by atoms with E-state index in [-0.39, 0.29) is 17.7 Å². The van der Waals surface area contributed by atoms with Gasteiger partial charge >= 0.3 is 0 Å². The molecule has 4 rings (SSSR count). The number of nitrogens with one attached hydrogen (secondary N) is 1. The van der Waals surface area contributed by atoms with Gasteiger partial charge in [-0.25, -0.2) is 13.4 Å². The van der Waals surface area contributed by atoms with Crippen molar-refractivity contribution in [2.75, 3.05) is 0 Å². The lowest BCUT2D eigenvalue weighted by Gasteiger charge is -2.10. The Kier molecular flexibility index (Phi) is 6.38. The van der Waals surface area contributed by atoms with E-state index in [1.54, 1.807) is 43.6 Å². The highest BCUT2D eigenvalue weighted by molar-refractivity contribution is 7.91. The predicted octanol–water partition coefficient (Wildman–Crippen LogP) is 2.77. The van der Waals surface area contributed by atoms with Crippen LogP contribution in [0, 0.1) is 6.92 Å². The molecule has 0 aliphatic heterocycles. The SMILES string of the molecule is Cc1oc(-c2ccc(C(=O)NCc3cccnc3)cc2)nc1CS(=O)(=O)C1CCC(N)C1. The number of sulfone groups is 1. The van der Waals surface area contributed by atoms with Gasteiger partial charge in [-0.3, -0.25) is 9.78 Å². The van der Waals surface area contributed by atoms with E-state index in [4.69, 9.17) is 10.2 Å². The Morgan fingerprint density at radius 1 is 1.22 bits per heavy atom. The van der Waals surface area contributed by atoms with E-state index in [0.29, 0.717) is 47.9 Å². The van der Waals surface area contributed by atoms with Crippen LogP contribution >= 0.6 is 0 Å². The van der Waals surface area contributed by atoms with E-state index in [0.717, 1.165) is 12.0 Å². The first-order chi connectivity index (χ1) is 15.3. The molecule has 1 aliphatic carbocycles. The molecule has 2 heterocycles. The van der Waals surface area contributed by atoms with Gasteiger partial charge in [0.1, 0.15) is 5.76 Å². The number of nitrogens with two attached hydrogens (primary N) is 1. The van der Waals surface area contributed by atoms with Gasteiger partial charge < -0.3 is 15.5 Å². The predicted molar refractivity (Wildman–Crippen MR) is 120 cm³/mol. The van der Waals surface area contributed by atoms with Crippen molar-refractivity contribution in [3.05, 3.63) is 71.4 Å². The molecule has 1 saturated carbocycles. The van der Waals surface area contributed by atoms with Crippen molar-refractivity contribution in [3.8, 4) is 11.5 Å². The maximum absolute atomic E-state index is 12.7. The summed E-state index contributed by atoms with van der Waals surface area (Å²) in [6, 6.07) is 10.5. The molecule has 3 N–H and O–H groups in total. The number of oxazole rings is 1. The average Bonchev–Trinajstić information content (AvgIpc) is 3.39. The summed E-state index contributed by atoms with van der Waals surface area (Å²) in [6.45, 7) is 2.10. The molecule has 0 spiro atoms. The van der Waals surface area contributed by atoms with E-state index >= 15 is 0 Å². The number of nitrogens with zero attached hydrogens (tertiary/aromatic N) is 2. The highest BCUT2D eigenvalue weighted by Crippen LogP contribution is 2.29. The molecule has 1 aliphatic rings. The van der Waals surface area contributed by atoms with Crippen molar-refractivity contribution in [2.45, 2.75) is 49.8 Å². The van der Waals surface area contributed by atoms with E-state index in [1.165, 1.54) is 0 Å². The summed E-state index contributed by atoms with van der Waals surface area (Å²) >= 11 is 0. The Morgan fingerprint density at radius 3 is 2.66 bits per heavy atom. The molecule has 0 saturated heterocycles. The zero-order valence-electron chi connectivity index (χ0n) is 17.8. The van der Waals surface area contributed by atoms with Crippen LogP contribution in [0.2, 0.25) is 0 Å². The molecule has 32 heavy (non-hydrogen) atoms. The fraction of sp³-hybridized carbons (Fsp3) is 0.348. The lowest BCUT2D eigenvalue weighted by Crippen LogP contribution is -2.23. The fourth-order valence-corrected chi connectivity index (χ4v) is 5.76. The number of pyridine rings is 1. The van der Waals surface area contributed by atoms with Crippen LogP contribution in [-0.4, -0.2) is 35.6 Å². The number of carbonyl (C=O) groups excluding carboxylic acids is 1. The molecule has 2 aromatic heterocycles. The molecule has 0 radical (unpaired) electrons. The molecule has 1 aromatic carbocycles. The molecule has 0 bridgehead atoms. The minimum atomic E-state index is -3.34. The maximum atomic E-state index is 12.7. The van der Waals surface area contributed by atoms with Crippen molar-refractivity contribution in [1.82, 2.24) is 15.3 Å². The van der Waals surface area contributed by atoms with Crippen LogP contribution in [0.3, 0.4) is 0 Å². The highest BCUT2D eigenvalue weighted by atomic mass is 32.2. The van der Waals surface area contributed by atoms with Gasteiger partial charge in [-0.2, -0.15) is 0 Å². The highest BCUT2D eigenvalue weighted by Gasteiger charge is 2.34. The zero-order chi connectivity index (χ0) is 22.7. The van der Waals surface area contributed by atoms with Gasteiger partial charge in [0, 0.05) is 36.1 Å². The van der Waals surface area contributed by atoms with Gasteiger partial charge in [-0.15, -0.1) is 0 Å². The third-order valence-electron chi connectivity index (χ3n) is 5.73. The maximum Gasteiger partial charge on any atom is 0.251 e. The third kappa shape index (κ3) is 5.05. The monoisotopic (exact) mass is 454 g/mol. The molecule has 3 aromatic rings. The van der Waals surface area contributed by atoms with E-state index in [9.17, 15) is 13.2 Å². The van der Waals surface area contributed by atoms with Crippen LogP contribution in [-0.2, 0) is 22.1 Å². The topological polar surface area (TPSA) is 128 Å². The summed E-state index contributed by atoms with van der Waals surface area (Å²) in [7, 11) is -3.34. The normalized spacial score (nSPS) is 18.6. The Labute approximate surface area is 187 Å². The first kappa shape index (κ1) is 22.2. The number of benzene rings is 1. The lowest BCUT2D eigenvalue weighted by atomic mass is 10.1. The van der Waals surface area contributed by atoms with Crippen LogP contribution in [0.1, 0.15) is 46.6 Å². The molecule has 1 fully saturated rings. The summed E-state index contributed by atoms with van der Waals surface area (Å²) in [5.74, 6) is 0.446. The fourth-order valence-electron chi connectivity index (χ4n) is 3.84. The van der Waals surface area contributed by atoms with Gasteiger partial charge in [0.25, 0.3) is 5.91 Å². The first-order valence-electron chi connectivity index (χ1n) is 10.5. The number of aromatic nitrogens is 2. The second-order valence-electron chi connectivity index (χ2n) is 8.15. The standard InChI is InChI=1S/C23H26N4O4S/c1-15-21(14-32(29,30)20-9-8-19(24)11-20)27-23(31-15)18-6-4-17(5-7-18)22(28)26-13-16-3-2-10-25-12-16/h2-7,10,12,19-20H,8-9,11,13-14,24H2,1H3,(H,26,28). The minimum Gasteiger partial charge on any atom is -0.441 e. The Balaban J connectivity index is 1.42. The summed E-state index contributed by atoms with van der Waals surface area (Å²) < 4.78 is 31.2. The smallest absolute Gasteiger partial charge is 0.251 e. The van der Waals surface area contributed by atoms with Crippen molar-refractivity contribution >= 4 is 15.7 Å². The van der Waals surface area contributed by atoms with Crippen molar-refractivity contribution < 1.29 is 17.6 Å². The van der Waals surface area contributed by atoms with Crippen LogP contribution in [0.4, 0.5) is 0 Å². The summed E-state index contributed by atoms with van der Waals surface area (Å²) in [5.41, 5.74) is 8.38. The van der Waals surface area contributed by atoms with E-state index in [2.05, 4.69) is 15.3 Å². The zero-order valence-corrected chi connectivity index (χ0v) is 18.6. The van der Waals surface area contributed by atoms with Gasteiger partial charge in [-0.05, 0) is 62.1 Å². The number of rotatable bonds is 7. The molecular weight excluding hydrogens is 428 g/mol. The van der Waals surface area contributed by atoms with E-state index < -0.39 is 15.1 Å². The Morgan fingerprint density at radius 2 is 2.00 bits per heavy atom. The molecule has 2 unspecified atom stereocenters. The quantitative estimate of drug-likeness (QED) is 0.562. The van der Waals surface area contributed by atoms with Crippen molar-refractivity contribution in [2.24, 2.45) is 5.73 Å². The van der Waals surface area contributed by atoms with Crippen LogP contribution in [0.25, 0.3) is 11.5 Å². The van der Waals surface area contributed by atoms with Gasteiger partial charge in [0.2, 0.25) is 5.89 Å². The van der Waals surface area contributed by atoms with Crippen molar-refractivity contribution in [3.63, 3.8) is 0 Å². The van der Waals surface area contributed by atoms with Gasteiger partial charge in [0.05, 0.1) is 16.7 Å². The summed E-state index contributed by atoms with van der Waals surface area (Å²) in [5, 5.41) is 2.43. The van der Waals surface area contributed by atoms with Crippen molar-refractivity contribution in [1.29, 1.82) is 0 Å². The van der Waals surface area contributed by atoms with Crippen LogP contribution in [0.5, 0.6) is 0 Å². The molecule has 168 valence electrons. The van der Waals surface area contributed by atoms with Gasteiger partial charge in [-0.1, -0.05) is 6.07 Å². The third-order valence-corrected chi connectivity index (χ3v) is 7.85. The Bertz CT molecular complexity index is 1190. The largest absolute Gasteiger partial charge is 0.441 e. The first-order valence-corrected chi connectivity index (χ1v) is 12.2. The number of carbonyl (C=O) groups is 1. The number of hydrogen-bond acceptors (Lipinski definition) is 7. The van der Waals surface area contributed by atoms with Gasteiger partial charge in [0.15, 0.2) is 9.84 Å². The summed E-state index contributed by atoms with van der Waals surface area (Å²) in [4.78, 5) is 20.8. The number of amides is 1. The van der Waals surface area contributed by atoms with E-state index in [1.807, 2.05) is 12.1 Å². The number of hydrogen-bond donors (Lipinski definition) is 2. The summed E-state index contributed by atoms with van der Waals surface area (Å²) in [6.07, 6.45) is 5.20. The second-order valence-corrected chi connectivity index (χ2v) is 10.4.